The third-order valence-corrected chi connectivity index (χ3v) is 6.78. The highest BCUT2D eigenvalue weighted by Crippen LogP contribution is 2.33. The Hall–Kier alpha value is -0.430. The van der Waals surface area contributed by atoms with Gasteiger partial charge in [0.2, 0.25) is 10.0 Å². The summed E-state index contributed by atoms with van der Waals surface area (Å²) < 4.78 is 27.7. The van der Waals surface area contributed by atoms with Crippen LogP contribution in [0.1, 0.15) is 38.2 Å². The molecule has 0 aliphatic heterocycles. The molecule has 2 aliphatic rings. The summed E-state index contributed by atoms with van der Waals surface area (Å²) in [6.45, 7) is 2.73. The van der Waals surface area contributed by atoms with Gasteiger partial charge in [0, 0.05) is 18.6 Å². The lowest BCUT2D eigenvalue weighted by Crippen LogP contribution is -2.33. The maximum atomic E-state index is 12.2. The van der Waals surface area contributed by atoms with Gasteiger partial charge >= 0.3 is 0 Å². The zero-order chi connectivity index (χ0) is 13.5. The lowest BCUT2D eigenvalue weighted by Gasteiger charge is -2.11. The van der Waals surface area contributed by atoms with Gasteiger partial charge in [-0.1, -0.05) is 0 Å². The number of nitrogens with one attached hydrogen (secondary N) is 2. The summed E-state index contributed by atoms with van der Waals surface area (Å²) in [4.78, 5) is 0. The van der Waals surface area contributed by atoms with E-state index >= 15 is 0 Å². The average Bonchev–Trinajstić information content (AvgIpc) is 3.25. The minimum Gasteiger partial charge on any atom is -0.310 e. The fraction of sp³-hybridized carbons (Fsp3) is 0.692. The van der Waals surface area contributed by atoms with Crippen LogP contribution < -0.4 is 10.0 Å². The number of sulfonamides is 1. The van der Waals surface area contributed by atoms with Crippen molar-refractivity contribution in [3.63, 3.8) is 0 Å². The Balaban J connectivity index is 1.62. The molecule has 0 saturated heterocycles. The van der Waals surface area contributed by atoms with Gasteiger partial charge < -0.3 is 5.32 Å². The van der Waals surface area contributed by atoms with Gasteiger partial charge in [-0.05, 0) is 55.5 Å². The zero-order valence-corrected chi connectivity index (χ0v) is 12.7. The predicted molar refractivity (Wildman–Crippen MR) is 76.7 cm³/mol. The van der Waals surface area contributed by atoms with E-state index in [1.807, 2.05) is 12.3 Å². The van der Waals surface area contributed by atoms with E-state index in [0.717, 1.165) is 24.9 Å². The minimum absolute atomic E-state index is 0.0557. The molecule has 2 aliphatic carbocycles. The summed E-state index contributed by atoms with van der Waals surface area (Å²) in [5.41, 5.74) is 1.07. The topological polar surface area (TPSA) is 58.2 Å². The van der Waals surface area contributed by atoms with Crippen molar-refractivity contribution in [2.24, 2.45) is 5.92 Å². The lowest BCUT2D eigenvalue weighted by molar-refractivity contribution is 0.539. The van der Waals surface area contributed by atoms with Crippen LogP contribution in [-0.4, -0.2) is 20.5 Å². The molecular formula is C13H20N2O2S2. The van der Waals surface area contributed by atoms with Crippen molar-refractivity contribution in [1.82, 2.24) is 10.0 Å². The van der Waals surface area contributed by atoms with Crippen LogP contribution in [-0.2, 0) is 16.6 Å². The molecule has 0 spiro atoms. The van der Waals surface area contributed by atoms with Crippen LogP contribution in [0.25, 0.3) is 0 Å². The summed E-state index contributed by atoms with van der Waals surface area (Å²) in [5, 5.41) is 5.33. The predicted octanol–water partition coefficient (Wildman–Crippen LogP) is 2.08. The van der Waals surface area contributed by atoms with Crippen molar-refractivity contribution < 1.29 is 8.42 Å². The fourth-order valence-electron chi connectivity index (χ4n) is 2.13. The van der Waals surface area contributed by atoms with Crippen molar-refractivity contribution >= 4 is 21.4 Å². The van der Waals surface area contributed by atoms with Gasteiger partial charge in [-0.25, -0.2) is 13.1 Å². The third kappa shape index (κ3) is 3.56. The number of hydrogen-bond donors (Lipinski definition) is 2. The van der Waals surface area contributed by atoms with Crippen LogP contribution in [0.3, 0.4) is 0 Å². The first-order valence-corrected chi connectivity index (χ1v) is 9.24. The summed E-state index contributed by atoms with van der Waals surface area (Å²) >= 11 is 1.31. The first-order valence-electron chi connectivity index (χ1n) is 6.88. The molecule has 1 unspecified atom stereocenters. The average molecular weight is 300 g/mol. The van der Waals surface area contributed by atoms with Crippen LogP contribution in [0, 0.1) is 5.92 Å². The second-order valence-electron chi connectivity index (χ2n) is 5.68. The molecule has 0 bridgehead atoms. The van der Waals surface area contributed by atoms with E-state index in [1.54, 1.807) is 6.07 Å². The molecule has 4 nitrogen and oxygen atoms in total. The van der Waals surface area contributed by atoms with Crippen LogP contribution in [0.2, 0.25) is 0 Å². The molecule has 1 aromatic rings. The summed E-state index contributed by atoms with van der Waals surface area (Å²) in [7, 11) is -3.33. The first kappa shape index (κ1) is 13.5. The van der Waals surface area contributed by atoms with Crippen molar-refractivity contribution in [2.45, 2.75) is 55.4 Å². The highest BCUT2D eigenvalue weighted by Gasteiger charge is 2.31. The SMILES string of the molecule is CC(NS(=O)(=O)c1cc(CNC2CC2)cs1)C1CC1. The van der Waals surface area contributed by atoms with E-state index in [0.29, 0.717) is 16.2 Å². The second kappa shape index (κ2) is 5.16. The Bertz CT molecular complexity index is 545. The molecule has 3 rings (SSSR count). The summed E-state index contributed by atoms with van der Waals surface area (Å²) in [6.07, 6.45) is 4.78. The van der Waals surface area contributed by atoms with Crippen molar-refractivity contribution in [3.8, 4) is 0 Å². The van der Waals surface area contributed by atoms with Gasteiger partial charge in [0.25, 0.3) is 0 Å². The maximum absolute atomic E-state index is 12.2. The van der Waals surface area contributed by atoms with Crippen LogP contribution in [0.5, 0.6) is 0 Å². The third-order valence-electron chi connectivity index (χ3n) is 3.74. The van der Waals surface area contributed by atoms with Gasteiger partial charge in [0.1, 0.15) is 4.21 Å². The van der Waals surface area contributed by atoms with Gasteiger partial charge in [-0.15, -0.1) is 11.3 Å². The lowest BCUT2D eigenvalue weighted by atomic mass is 10.2. The fourth-order valence-corrected chi connectivity index (χ4v) is 4.67. The molecule has 2 N–H and O–H groups in total. The van der Waals surface area contributed by atoms with Crippen molar-refractivity contribution in [1.29, 1.82) is 0 Å². The van der Waals surface area contributed by atoms with Gasteiger partial charge in [-0.2, -0.15) is 0 Å². The molecule has 0 aromatic carbocycles. The van der Waals surface area contributed by atoms with Crippen LogP contribution >= 0.6 is 11.3 Å². The molecule has 1 atom stereocenters. The van der Waals surface area contributed by atoms with E-state index in [9.17, 15) is 8.42 Å². The standard InChI is InChI=1S/C13H20N2O2S2/c1-9(11-2-3-11)15-19(16,17)13-6-10(8-18-13)7-14-12-4-5-12/h6,8-9,11-12,14-15H,2-5,7H2,1H3. The Kier molecular flexibility index (Phi) is 3.68. The molecule has 0 radical (unpaired) electrons. The van der Waals surface area contributed by atoms with E-state index in [-0.39, 0.29) is 6.04 Å². The summed E-state index contributed by atoms with van der Waals surface area (Å²) in [5.74, 6) is 0.533. The Morgan fingerprint density at radius 3 is 2.74 bits per heavy atom. The zero-order valence-electron chi connectivity index (χ0n) is 11.1. The summed E-state index contributed by atoms with van der Waals surface area (Å²) in [6, 6.07) is 2.50. The Labute approximate surface area is 118 Å². The van der Waals surface area contributed by atoms with E-state index in [2.05, 4.69) is 10.0 Å². The molecule has 2 saturated carbocycles. The van der Waals surface area contributed by atoms with E-state index < -0.39 is 10.0 Å². The minimum atomic E-state index is -3.33. The van der Waals surface area contributed by atoms with E-state index in [1.165, 1.54) is 24.2 Å². The molecule has 2 fully saturated rings. The smallest absolute Gasteiger partial charge is 0.250 e. The molecule has 0 amide bonds. The number of rotatable bonds is 7. The Morgan fingerprint density at radius 2 is 2.11 bits per heavy atom. The maximum Gasteiger partial charge on any atom is 0.250 e. The second-order valence-corrected chi connectivity index (χ2v) is 8.53. The largest absolute Gasteiger partial charge is 0.310 e. The number of thiophene rings is 1. The van der Waals surface area contributed by atoms with Crippen LogP contribution in [0.4, 0.5) is 0 Å². The highest BCUT2D eigenvalue weighted by atomic mass is 32.2. The van der Waals surface area contributed by atoms with Gasteiger partial charge in [0.15, 0.2) is 0 Å². The molecular weight excluding hydrogens is 280 g/mol. The van der Waals surface area contributed by atoms with E-state index in [4.69, 9.17) is 0 Å². The molecule has 6 heteroatoms. The normalized spacial score (nSPS) is 21.5. The molecule has 1 aromatic heterocycles. The highest BCUT2D eigenvalue weighted by molar-refractivity contribution is 7.91. The monoisotopic (exact) mass is 300 g/mol. The van der Waals surface area contributed by atoms with Gasteiger partial charge in [-0.3, -0.25) is 0 Å². The quantitative estimate of drug-likeness (QED) is 0.810. The van der Waals surface area contributed by atoms with Crippen molar-refractivity contribution in [3.05, 3.63) is 17.0 Å². The Morgan fingerprint density at radius 1 is 1.37 bits per heavy atom. The molecule has 106 valence electrons. The van der Waals surface area contributed by atoms with Crippen LogP contribution in [0.15, 0.2) is 15.7 Å². The first-order chi connectivity index (χ1) is 9.04. The van der Waals surface area contributed by atoms with Crippen molar-refractivity contribution in [2.75, 3.05) is 0 Å². The van der Waals surface area contributed by atoms with Gasteiger partial charge in [0.05, 0.1) is 0 Å². The molecule has 19 heavy (non-hydrogen) atoms. The molecule has 1 heterocycles. The number of hydrogen-bond acceptors (Lipinski definition) is 4.